The van der Waals surface area contributed by atoms with E-state index < -0.39 is 16.1 Å². The molecule has 30 heavy (non-hydrogen) atoms. The zero-order valence-electron chi connectivity index (χ0n) is 17.2. The lowest BCUT2D eigenvalue weighted by molar-refractivity contribution is -0.128. The van der Waals surface area contributed by atoms with E-state index in [0.29, 0.717) is 18.7 Å². The molecule has 6 nitrogen and oxygen atoms in total. The molecule has 1 saturated carbocycles. The molecule has 1 fully saturated rings. The Morgan fingerprint density at radius 1 is 1.07 bits per heavy atom. The number of carbonyl (C=O) groups excluding carboxylic acids is 1. The number of carbonyl (C=O) groups is 1. The molecule has 0 aromatic heterocycles. The number of nitrogens with zero attached hydrogens (tertiary/aromatic N) is 1. The molecular formula is C23H28N2O4S. The molecule has 7 heteroatoms. The quantitative estimate of drug-likeness (QED) is 0.762. The molecule has 1 heterocycles. The van der Waals surface area contributed by atoms with Crippen molar-refractivity contribution >= 4 is 21.6 Å². The standard InChI is InChI=1S/C23H28N2O4S/c1-17(23(26)24-19-8-3-2-4-9-19)29-20-11-13-21(14-12-20)30(27,28)25-16-15-18-7-5-6-10-22(18)25/h5-7,10-14,17,19H,2-4,8-9,15-16H2,1H3,(H,24,26)/t17-/m1/s1. The number of para-hydroxylation sites is 1. The molecule has 1 N–H and O–H groups in total. The van der Waals surface area contributed by atoms with Gasteiger partial charge in [0.1, 0.15) is 5.75 Å². The number of nitrogens with one attached hydrogen (secondary N) is 1. The van der Waals surface area contributed by atoms with Gasteiger partial charge in [-0.2, -0.15) is 0 Å². The topological polar surface area (TPSA) is 75.7 Å². The fourth-order valence-corrected chi connectivity index (χ4v) is 5.70. The van der Waals surface area contributed by atoms with Gasteiger partial charge in [-0.15, -0.1) is 0 Å². The summed E-state index contributed by atoms with van der Waals surface area (Å²) in [5.74, 6) is 0.342. The molecule has 0 saturated heterocycles. The zero-order valence-corrected chi connectivity index (χ0v) is 18.0. The summed E-state index contributed by atoms with van der Waals surface area (Å²) in [4.78, 5) is 12.6. The Hall–Kier alpha value is -2.54. The second-order valence-corrected chi connectivity index (χ2v) is 9.89. The average molecular weight is 429 g/mol. The van der Waals surface area contributed by atoms with Crippen LogP contribution in [0.3, 0.4) is 0 Å². The fourth-order valence-electron chi connectivity index (χ4n) is 4.20. The van der Waals surface area contributed by atoms with Gasteiger partial charge in [0.05, 0.1) is 10.6 Å². The number of benzene rings is 2. The molecule has 2 aliphatic rings. The molecule has 2 aromatic rings. The summed E-state index contributed by atoms with van der Waals surface area (Å²) in [6.45, 7) is 2.16. The first-order chi connectivity index (χ1) is 14.4. The van der Waals surface area contributed by atoms with Gasteiger partial charge in [-0.05, 0) is 62.1 Å². The molecule has 4 rings (SSSR count). The van der Waals surface area contributed by atoms with Crippen molar-refractivity contribution < 1.29 is 17.9 Å². The second kappa shape index (κ2) is 8.68. The average Bonchev–Trinajstić information content (AvgIpc) is 3.20. The third-order valence-corrected chi connectivity index (χ3v) is 7.72. The molecule has 0 radical (unpaired) electrons. The highest BCUT2D eigenvalue weighted by molar-refractivity contribution is 7.92. The van der Waals surface area contributed by atoms with Crippen LogP contribution < -0.4 is 14.4 Å². The number of hydrogen-bond donors (Lipinski definition) is 1. The number of fused-ring (bicyclic) bond motifs is 1. The minimum absolute atomic E-state index is 0.132. The van der Waals surface area contributed by atoms with Crippen molar-refractivity contribution in [1.29, 1.82) is 0 Å². The fraction of sp³-hybridized carbons (Fsp3) is 0.435. The summed E-state index contributed by atoms with van der Waals surface area (Å²) in [6, 6.07) is 14.1. The zero-order chi connectivity index (χ0) is 21.1. The molecule has 160 valence electrons. The lowest BCUT2D eigenvalue weighted by atomic mass is 9.95. The normalized spacial score (nSPS) is 18.0. The predicted molar refractivity (Wildman–Crippen MR) is 116 cm³/mol. The second-order valence-electron chi connectivity index (χ2n) is 8.03. The molecule has 2 aromatic carbocycles. The molecule has 0 spiro atoms. The monoisotopic (exact) mass is 428 g/mol. The van der Waals surface area contributed by atoms with E-state index in [-0.39, 0.29) is 16.8 Å². The van der Waals surface area contributed by atoms with Crippen LogP contribution in [-0.4, -0.2) is 33.0 Å². The Morgan fingerprint density at radius 2 is 1.77 bits per heavy atom. The smallest absolute Gasteiger partial charge is 0.264 e. The van der Waals surface area contributed by atoms with Crippen LogP contribution in [0, 0.1) is 0 Å². The van der Waals surface area contributed by atoms with E-state index in [1.165, 1.54) is 22.9 Å². The van der Waals surface area contributed by atoms with Crippen molar-refractivity contribution in [1.82, 2.24) is 5.32 Å². The Kier molecular flexibility index (Phi) is 5.99. The number of hydrogen-bond acceptors (Lipinski definition) is 4. The van der Waals surface area contributed by atoms with Gasteiger partial charge >= 0.3 is 0 Å². The third kappa shape index (κ3) is 4.31. The Labute approximate surface area is 178 Å². The van der Waals surface area contributed by atoms with Crippen molar-refractivity contribution in [2.45, 2.75) is 62.5 Å². The molecule has 1 aliphatic heterocycles. The highest BCUT2D eigenvalue weighted by atomic mass is 32.2. The van der Waals surface area contributed by atoms with Gasteiger partial charge in [-0.1, -0.05) is 37.5 Å². The maximum Gasteiger partial charge on any atom is 0.264 e. The summed E-state index contributed by atoms with van der Waals surface area (Å²) >= 11 is 0. The van der Waals surface area contributed by atoms with Crippen LogP contribution in [0.5, 0.6) is 5.75 Å². The van der Waals surface area contributed by atoms with Crippen LogP contribution in [0.2, 0.25) is 0 Å². The van der Waals surface area contributed by atoms with Crippen molar-refractivity contribution in [2.24, 2.45) is 0 Å². The van der Waals surface area contributed by atoms with Crippen molar-refractivity contribution in [3.05, 3.63) is 54.1 Å². The van der Waals surface area contributed by atoms with Crippen molar-refractivity contribution in [3.8, 4) is 5.75 Å². The van der Waals surface area contributed by atoms with Crippen LogP contribution >= 0.6 is 0 Å². The summed E-state index contributed by atoms with van der Waals surface area (Å²) in [7, 11) is -3.63. The summed E-state index contributed by atoms with van der Waals surface area (Å²) in [5, 5.41) is 3.05. The van der Waals surface area contributed by atoms with E-state index in [1.54, 1.807) is 19.1 Å². The maximum atomic E-state index is 13.1. The van der Waals surface area contributed by atoms with Gasteiger partial charge in [0.15, 0.2) is 6.10 Å². The van der Waals surface area contributed by atoms with E-state index in [4.69, 9.17) is 4.74 Å². The lowest BCUT2D eigenvalue weighted by Crippen LogP contribution is -2.43. The first kappa shape index (κ1) is 20.7. The van der Waals surface area contributed by atoms with Gasteiger partial charge in [0.2, 0.25) is 0 Å². The van der Waals surface area contributed by atoms with E-state index in [1.807, 2.05) is 24.3 Å². The van der Waals surface area contributed by atoms with E-state index in [0.717, 1.165) is 36.9 Å². The van der Waals surface area contributed by atoms with Crippen molar-refractivity contribution in [2.75, 3.05) is 10.8 Å². The Balaban J connectivity index is 1.41. The van der Waals surface area contributed by atoms with Crippen molar-refractivity contribution in [3.63, 3.8) is 0 Å². The maximum absolute atomic E-state index is 13.1. The Morgan fingerprint density at radius 3 is 2.50 bits per heavy atom. The third-order valence-electron chi connectivity index (χ3n) is 5.89. The number of sulfonamides is 1. The van der Waals surface area contributed by atoms with Crippen LogP contribution in [-0.2, 0) is 21.2 Å². The molecular weight excluding hydrogens is 400 g/mol. The first-order valence-corrected chi connectivity index (χ1v) is 12.1. The minimum Gasteiger partial charge on any atom is -0.481 e. The summed E-state index contributed by atoms with van der Waals surface area (Å²) < 4.78 is 33.4. The van der Waals surface area contributed by atoms with Crippen LogP contribution in [0.4, 0.5) is 5.69 Å². The van der Waals surface area contributed by atoms with E-state index in [9.17, 15) is 13.2 Å². The molecule has 1 amide bonds. The van der Waals surface area contributed by atoms with Gasteiger partial charge in [-0.25, -0.2) is 8.42 Å². The predicted octanol–water partition coefficient (Wildman–Crippen LogP) is 3.65. The summed E-state index contributed by atoms with van der Waals surface area (Å²) in [6.07, 6.45) is 5.64. The SMILES string of the molecule is C[C@@H](Oc1ccc(S(=O)(=O)N2CCc3ccccc32)cc1)C(=O)NC1CCCCC1. The number of ether oxygens (including phenoxy) is 1. The van der Waals surface area contributed by atoms with Gasteiger partial charge in [0, 0.05) is 12.6 Å². The Bertz CT molecular complexity index is 998. The number of rotatable bonds is 6. The van der Waals surface area contributed by atoms with Crippen LogP contribution in [0.25, 0.3) is 0 Å². The van der Waals surface area contributed by atoms with E-state index in [2.05, 4.69) is 5.32 Å². The van der Waals surface area contributed by atoms with Gasteiger partial charge < -0.3 is 10.1 Å². The van der Waals surface area contributed by atoms with Crippen LogP contribution in [0.15, 0.2) is 53.4 Å². The largest absolute Gasteiger partial charge is 0.481 e. The highest BCUT2D eigenvalue weighted by Crippen LogP contribution is 2.33. The van der Waals surface area contributed by atoms with Gasteiger partial charge in [0.25, 0.3) is 15.9 Å². The first-order valence-electron chi connectivity index (χ1n) is 10.6. The number of amides is 1. The molecule has 1 aliphatic carbocycles. The minimum atomic E-state index is -3.63. The molecule has 1 atom stereocenters. The molecule has 0 bridgehead atoms. The molecule has 0 unspecified atom stereocenters. The highest BCUT2D eigenvalue weighted by Gasteiger charge is 2.30. The van der Waals surface area contributed by atoms with Crippen LogP contribution in [0.1, 0.15) is 44.6 Å². The lowest BCUT2D eigenvalue weighted by Gasteiger charge is -2.24. The summed E-state index contributed by atoms with van der Waals surface area (Å²) in [5.41, 5.74) is 1.78. The van der Waals surface area contributed by atoms with E-state index >= 15 is 0 Å². The number of anilines is 1. The van der Waals surface area contributed by atoms with Gasteiger partial charge in [-0.3, -0.25) is 9.10 Å².